The molecule has 0 atom stereocenters. The Balaban J connectivity index is 1.29. The standard InChI is InChI=1S/C27H36N6O3S/c1-5-15-36-20-10-12-32(13-11-20)23-8-6-7-21(29-23)22-18-37-26(30-22)31-24(34)16-28-25(35)19-9-14-33(17-19)27(2,3)4/h6-9,14,17-18,20H,5,10-13,15-16H2,1-4H3,(H,28,35)(H,30,31,34). The van der Waals surface area contributed by atoms with E-state index in [2.05, 4.69) is 48.2 Å². The molecule has 37 heavy (non-hydrogen) atoms. The van der Waals surface area contributed by atoms with Crippen molar-refractivity contribution in [2.75, 3.05) is 36.5 Å². The van der Waals surface area contributed by atoms with Gasteiger partial charge in [-0.2, -0.15) is 0 Å². The zero-order valence-electron chi connectivity index (χ0n) is 22.0. The molecule has 3 aromatic heterocycles. The lowest BCUT2D eigenvalue weighted by atomic mass is 10.1. The van der Waals surface area contributed by atoms with Gasteiger partial charge in [-0.25, -0.2) is 9.97 Å². The van der Waals surface area contributed by atoms with Crippen LogP contribution in [-0.4, -0.2) is 58.7 Å². The lowest BCUT2D eigenvalue weighted by Gasteiger charge is -2.32. The molecule has 1 aliphatic rings. The molecule has 0 bridgehead atoms. The fourth-order valence-corrected chi connectivity index (χ4v) is 4.82. The van der Waals surface area contributed by atoms with Crippen molar-refractivity contribution in [3.8, 4) is 11.4 Å². The number of carbonyl (C=O) groups excluding carboxylic acids is 2. The van der Waals surface area contributed by atoms with E-state index in [0.29, 0.717) is 22.5 Å². The summed E-state index contributed by atoms with van der Waals surface area (Å²) in [4.78, 5) is 36.5. The molecule has 9 nitrogen and oxygen atoms in total. The van der Waals surface area contributed by atoms with E-state index in [1.165, 1.54) is 11.3 Å². The number of hydrogen-bond donors (Lipinski definition) is 2. The number of ether oxygens (including phenoxy) is 1. The Morgan fingerprint density at radius 1 is 1.14 bits per heavy atom. The molecule has 2 N–H and O–H groups in total. The van der Waals surface area contributed by atoms with Crippen molar-refractivity contribution >= 4 is 34.1 Å². The van der Waals surface area contributed by atoms with E-state index in [1.807, 2.05) is 34.3 Å². The van der Waals surface area contributed by atoms with Gasteiger partial charge >= 0.3 is 0 Å². The van der Waals surface area contributed by atoms with Crippen LogP contribution in [-0.2, 0) is 15.1 Å². The second-order valence-electron chi connectivity index (χ2n) is 10.2. The monoisotopic (exact) mass is 524 g/mol. The largest absolute Gasteiger partial charge is 0.378 e. The van der Waals surface area contributed by atoms with Crippen LogP contribution in [0.3, 0.4) is 0 Å². The van der Waals surface area contributed by atoms with Crippen molar-refractivity contribution in [1.29, 1.82) is 0 Å². The molecular weight excluding hydrogens is 488 g/mol. The quantitative estimate of drug-likeness (QED) is 0.427. The summed E-state index contributed by atoms with van der Waals surface area (Å²) >= 11 is 1.33. The number of amides is 2. The van der Waals surface area contributed by atoms with Crippen molar-refractivity contribution in [2.45, 2.75) is 58.6 Å². The van der Waals surface area contributed by atoms with E-state index < -0.39 is 0 Å². The Kier molecular flexibility index (Phi) is 8.60. The van der Waals surface area contributed by atoms with Gasteiger partial charge in [0, 0.05) is 43.0 Å². The molecule has 1 saturated heterocycles. The Labute approximate surface area is 222 Å². The minimum atomic E-state index is -0.334. The summed E-state index contributed by atoms with van der Waals surface area (Å²) in [6.07, 6.45) is 7.01. The number of nitrogens with zero attached hydrogens (tertiary/aromatic N) is 4. The second kappa shape index (κ2) is 11.9. The number of nitrogens with one attached hydrogen (secondary N) is 2. The van der Waals surface area contributed by atoms with E-state index in [0.717, 1.165) is 50.5 Å². The average Bonchev–Trinajstić information content (AvgIpc) is 3.57. The Morgan fingerprint density at radius 2 is 1.92 bits per heavy atom. The predicted octanol–water partition coefficient (Wildman–Crippen LogP) is 4.53. The summed E-state index contributed by atoms with van der Waals surface area (Å²) in [6, 6.07) is 7.67. The molecule has 0 unspecified atom stereocenters. The lowest BCUT2D eigenvalue weighted by molar-refractivity contribution is -0.115. The van der Waals surface area contributed by atoms with Crippen molar-refractivity contribution in [2.24, 2.45) is 0 Å². The predicted molar refractivity (Wildman–Crippen MR) is 147 cm³/mol. The van der Waals surface area contributed by atoms with E-state index >= 15 is 0 Å². The van der Waals surface area contributed by atoms with Gasteiger partial charge in [-0.15, -0.1) is 11.3 Å². The average molecular weight is 525 g/mol. The van der Waals surface area contributed by atoms with Crippen LogP contribution in [0.4, 0.5) is 10.9 Å². The zero-order chi connectivity index (χ0) is 26.4. The molecule has 4 heterocycles. The number of anilines is 2. The van der Waals surface area contributed by atoms with Gasteiger partial charge in [-0.3, -0.25) is 9.59 Å². The van der Waals surface area contributed by atoms with E-state index in [1.54, 1.807) is 12.3 Å². The highest BCUT2D eigenvalue weighted by Crippen LogP contribution is 2.27. The van der Waals surface area contributed by atoms with Crippen LogP contribution in [0.25, 0.3) is 11.4 Å². The summed E-state index contributed by atoms with van der Waals surface area (Å²) in [5.74, 6) is 0.298. The number of carbonyl (C=O) groups is 2. The van der Waals surface area contributed by atoms with Crippen LogP contribution >= 0.6 is 11.3 Å². The molecule has 0 radical (unpaired) electrons. The van der Waals surface area contributed by atoms with Gasteiger partial charge in [0.25, 0.3) is 5.91 Å². The van der Waals surface area contributed by atoms with E-state index in [4.69, 9.17) is 9.72 Å². The molecular formula is C27H36N6O3S. The van der Waals surface area contributed by atoms with Gasteiger partial charge in [-0.05, 0) is 58.2 Å². The number of piperidine rings is 1. The first kappa shape index (κ1) is 26.8. The number of aromatic nitrogens is 3. The summed E-state index contributed by atoms with van der Waals surface area (Å²) in [6.45, 7) is 10.8. The highest BCUT2D eigenvalue weighted by atomic mass is 32.1. The van der Waals surface area contributed by atoms with Crippen molar-refractivity contribution < 1.29 is 14.3 Å². The highest BCUT2D eigenvalue weighted by Gasteiger charge is 2.21. The molecule has 1 fully saturated rings. The third kappa shape index (κ3) is 7.17. The molecule has 0 spiro atoms. The number of pyridine rings is 1. The molecule has 1 aliphatic heterocycles. The molecule has 0 saturated carbocycles. The third-order valence-corrected chi connectivity index (χ3v) is 6.97. The Morgan fingerprint density at radius 3 is 2.62 bits per heavy atom. The maximum Gasteiger partial charge on any atom is 0.253 e. The normalized spacial score (nSPS) is 14.5. The van der Waals surface area contributed by atoms with Crippen molar-refractivity contribution in [3.63, 3.8) is 0 Å². The maximum atomic E-state index is 12.4. The number of hydrogen-bond acceptors (Lipinski definition) is 7. The van der Waals surface area contributed by atoms with Crippen molar-refractivity contribution in [3.05, 3.63) is 47.6 Å². The molecule has 3 aromatic rings. The topological polar surface area (TPSA) is 101 Å². The molecule has 0 aromatic carbocycles. The molecule has 2 amide bonds. The van der Waals surface area contributed by atoms with Gasteiger partial charge in [0.2, 0.25) is 5.91 Å². The van der Waals surface area contributed by atoms with Crippen LogP contribution in [0.1, 0.15) is 57.3 Å². The summed E-state index contributed by atoms with van der Waals surface area (Å²) in [7, 11) is 0. The van der Waals surface area contributed by atoms with Crippen LogP contribution in [0.15, 0.2) is 42.0 Å². The zero-order valence-corrected chi connectivity index (χ0v) is 22.8. The highest BCUT2D eigenvalue weighted by molar-refractivity contribution is 7.14. The van der Waals surface area contributed by atoms with Crippen molar-refractivity contribution in [1.82, 2.24) is 19.9 Å². The smallest absolute Gasteiger partial charge is 0.253 e. The fraction of sp³-hybridized carbons (Fsp3) is 0.481. The van der Waals surface area contributed by atoms with Gasteiger partial charge < -0.3 is 24.8 Å². The summed E-state index contributed by atoms with van der Waals surface area (Å²) in [5, 5.41) is 7.77. The van der Waals surface area contributed by atoms with Crippen LogP contribution in [0, 0.1) is 0 Å². The molecule has 0 aliphatic carbocycles. The first-order chi connectivity index (χ1) is 17.7. The third-order valence-electron chi connectivity index (χ3n) is 6.21. The van der Waals surface area contributed by atoms with Gasteiger partial charge in [0.05, 0.1) is 23.9 Å². The second-order valence-corrected chi connectivity index (χ2v) is 11.0. The van der Waals surface area contributed by atoms with Crippen LogP contribution < -0.4 is 15.5 Å². The number of rotatable bonds is 9. The van der Waals surface area contributed by atoms with Gasteiger partial charge in [0.15, 0.2) is 5.13 Å². The van der Waals surface area contributed by atoms with E-state index in [-0.39, 0.29) is 23.9 Å². The first-order valence-corrected chi connectivity index (χ1v) is 13.7. The molecule has 10 heteroatoms. The van der Waals surface area contributed by atoms with E-state index in [9.17, 15) is 9.59 Å². The summed E-state index contributed by atoms with van der Waals surface area (Å²) in [5.41, 5.74) is 1.86. The summed E-state index contributed by atoms with van der Waals surface area (Å²) < 4.78 is 7.86. The maximum absolute atomic E-state index is 12.4. The van der Waals surface area contributed by atoms with Crippen LogP contribution in [0.2, 0.25) is 0 Å². The Hall–Kier alpha value is -3.24. The lowest BCUT2D eigenvalue weighted by Crippen LogP contribution is -2.37. The fourth-order valence-electron chi connectivity index (χ4n) is 4.10. The Bertz CT molecular complexity index is 1210. The number of thiazole rings is 1. The minimum Gasteiger partial charge on any atom is -0.378 e. The minimum absolute atomic E-state index is 0.118. The molecule has 4 rings (SSSR count). The SMILES string of the molecule is CCCOC1CCN(c2cccc(-c3csc(NC(=O)CNC(=O)c4ccn(C(C)(C)C)c4)n3)n2)CC1. The first-order valence-electron chi connectivity index (χ1n) is 12.8. The van der Waals surface area contributed by atoms with Gasteiger partial charge in [-0.1, -0.05) is 13.0 Å². The van der Waals surface area contributed by atoms with Crippen LogP contribution in [0.5, 0.6) is 0 Å². The molecule has 198 valence electrons. The van der Waals surface area contributed by atoms with Gasteiger partial charge in [0.1, 0.15) is 11.5 Å².